The van der Waals surface area contributed by atoms with E-state index in [-0.39, 0.29) is 0 Å². The Bertz CT molecular complexity index is 86.1. The highest BCUT2D eigenvalue weighted by molar-refractivity contribution is 7.48. The standard InChI is InChI=1S/C5H10OP/c1-3-5-7(6)4-2/h3,5H,4H2,1-2H3/q+1. The molecule has 0 bridgehead atoms. The Kier molecular flexibility index (Phi) is 3.92. The highest BCUT2D eigenvalue weighted by Gasteiger charge is 2.00. The number of allylic oxidation sites excluding steroid dienone is 1. The minimum atomic E-state index is -1.01. The molecule has 0 fully saturated rings. The summed E-state index contributed by atoms with van der Waals surface area (Å²) in [5, 5.41) is 0. The number of hydrogen-bond donors (Lipinski definition) is 0. The molecule has 0 N–H and O–H groups in total. The third-order valence-electron chi connectivity index (χ3n) is 0.627. The predicted octanol–water partition coefficient (Wildman–Crippen LogP) is 2.37. The molecule has 0 aliphatic carbocycles. The molecule has 0 aromatic carbocycles. The van der Waals surface area contributed by atoms with Gasteiger partial charge in [0.15, 0.2) is 5.82 Å². The van der Waals surface area contributed by atoms with E-state index in [1.807, 2.05) is 19.9 Å². The maximum atomic E-state index is 10.5. The fraction of sp³-hybridized carbons (Fsp3) is 0.600. The van der Waals surface area contributed by atoms with E-state index in [1.54, 1.807) is 5.82 Å². The van der Waals surface area contributed by atoms with Crippen LogP contribution >= 0.6 is 7.80 Å². The van der Waals surface area contributed by atoms with Gasteiger partial charge in [-0.1, -0.05) is 4.57 Å². The van der Waals surface area contributed by atoms with Gasteiger partial charge >= 0.3 is 7.80 Å². The molecule has 0 aliphatic rings. The van der Waals surface area contributed by atoms with Crippen LogP contribution < -0.4 is 0 Å². The van der Waals surface area contributed by atoms with Crippen LogP contribution in [0.2, 0.25) is 0 Å². The van der Waals surface area contributed by atoms with Crippen LogP contribution in [0.4, 0.5) is 0 Å². The topological polar surface area (TPSA) is 17.1 Å². The zero-order chi connectivity index (χ0) is 5.70. The van der Waals surface area contributed by atoms with Crippen molar-refractivity contribution in [2.45, 2.75) is 13.8 Å². The minimum absolute atomic E-state index is 0.764. The van der Waals surface area contributed by atoms with E-state index in [0.717, 1.165) is 6.16 Å². The Balaban J connectivity index is 3.37. The summed E-state index contributed by atoms with van der Waals surface area (Å²) in [6, 6.07) is 0. The van der Waals surface area contributed by atoms with Crippen LogP contribution in [0.3, 0.4) is 0 Å². The van der Waals surface area contributed by atoms with Crippen molar-refractivity contribution < 1.29 is 4.57 Å². The first-order valence-electron chi connectivity index (χ1n) is 2.37. The van der Waals surface area contributed by atoms with Crippen molar-refractivity contribution in [3.05, 3.63) is 11.9 Å². The molecule has 2 heteroatoms. The molecule has 7 heavy (non-hydrogen) atoms. The van der Waals surface area contributed by atoms with E-state index in [2.05, 4.69) is 0 Å². The van der Waals surface area contributed by atoms with Gasteiger partial charge in [0, 0.05) is 0 Å². The van der Waals surface area contributed by atoms with Gasteiger partial charge in [0.1, 0.15) is 6.16 Å². The van der Waals surface area contributed by atoms with Crippen molar-refractivity contribution in [2.24, 2.45) is 0 Å². The van der Waals surface area contributed by atoms with Gasteiger partial charge in [-0.15, -0.1) is 0 Å². The van der Waals surface area contributed by atoms with Crippen molar-refractivity contribution in [1.82, 2.24) is 0 Å². The summed E-state index contributed by atoms with van der Waals surface area (Å²) in [6.07, 6.45) is 2.59. The Labute approximate surface area is 45.2 Å². The number of hydrogen-bond acceptors (Lipinski definition) is 1. The van der Waals surface area contributed by atoms with Gasteiger partial charge in [-0.05, 0) is 19.9 Å². The molecule has 0 rings (SSSR count). The summed E-state index contributed by atoms with van der Waals surface area (Å²) in [4.78, 5) is 0. The molecule has 0 amide bonds. The smallest absolute Gasteiger partial charge is 0.0688 e. The lowest BCUT2D eigenvalue weighted by Crippen LogP contribution is -1.56. The molecular formula is C5H10OP+. The van der Waals surface area contributed by atoms with Gasteiger partial charge in [0.05, 0.1) is 0 Å². The highest BCUT2D eigenvalue weighted by Crippen LogP contribution is 2.19. The zero-order valence-electron chi connectivity index (χ0n) is 4.72. The van der Waals surface area contributed by atoms with E-state index >= 15 is 0 Å². The Hall–Kier alpha value is -0.160. The lowest BCUT2D eigenvalue weighted by atomic mass is 10.8. The van der Waals surface area contributed by atoms with Crippen molar-refractivity contribution in [1.29, 1.82) is 0 Å². The van der Waals surface area contributed by atoms with E-state index < -0.39 is 7.80 Å². The molecule has 1 atom stereocenters. The van der Waals surface area contributed by atoms with Crippen LogP contribution in [-0.4, -0.2) is 6.16 Å². The Morgan fingerprint density at radius 2 is 2.29 bits per heavy atom. The molecule has 0 saturated carbocycles. The Morgan fingerprint density at radius 1 is 1.71 bits per heavy atom. The molecule has 1 nitrogen and oxygen atoms in total. The van der Waals surface area contributed by atoms with Crippen LogP contribution in [0.25, 0.3) is 0 Å². The monoisotopic (exact) mass is 117 g/mol. The summed E-state index contributed by atoms with van der Waals surface area (Å²) in [6.45, 7) is 3.79. The van der Waals surface area contributed by atoms with E-state index in [4.69, 9.17) is 0 Å². The Morgan fingerprint density at radius 3 is 2.43 bits per heavy atom. The summed E-state index contributed by atoms with van der Waals surface area (Å²) in [5.74, 6) is 1.73. The van der Waals surface area contributed by atoms with Crippen LogP contribution in [0.15, 0.2) is 11.9 Å². The molecule has 0 saturated heterocycles. The minimum Gasteiger partial charge on any atom is -0.0688 e. The average molecular weight is 117 g/mol. The van der Waals surface area contributed by atoms with Crippen molar-refractivity contribution >= 4 is 7.80 Å². The lowest BCUT2D eigenvalue weighted by molar-refractivity contribution is 0.593. The second-order valence-corrected chi connectivity index (χ2v) is 2.98. The fourth-order valence-corrected chi connectivity index (χ4v) is 0.815. The molecule has 0 aliphatic heterocycles. The van der Waals surface area contributed by atoms with Crippen LogP contribution in [0.5, 0.6) is 0 Å². The van der Waals surface area contributed by atoms with Gasteiger partial charge in [-0.2, -0.15) is 0 Å². The fourth-order valence-electron chi connectivity index (χ4n) is 0.272. The normalized spacial score (nSPS) is 12.6. The van der Waals surface area contributed by atoms with Gasteiger partial charge in [0.25, 0.3) is 0 Å². The predicted molar refractivity (Wildman–Crippen MR) is 33.0 cm³/mol. The largest absolute Gasteiger partial charge is 0.368 e. The maximum Gasteiger partial charge on any atom is 0.368 e. The first-order valence-corrected chi connectivity index (χ1v) is 3.89. The van der Waals surface area contributed by atoms with Crippen LogP contribution in [-0.2, 0) is 4.57 Å². The molecule has 1 unspecified atom stereocenters. The second kappa shape index (κ2) is 4.01. The maximum absolute atomic E-state index is 10.5. The first-order chi connectivity index (χ1) is 3.31. The van der Waals surface area contributed by atoms with Gasteiger partial charge in [-0.25, -0.2) is 0 Å². The molecule has 0 heterocycles. The summed E-state index contributed by atoms with van der Waals surface area (Å²) in [7, 11) is -1.01. The summed E-state index contributed by atoms with van der Waals surface area (Å²) in [5.41, 5.74) is 0. The molecular weight excluding hydrogens is 107 g/mol. The molecule has 0 aromatic heterocycles. The number of rotatable bonds is 2. The first kappa shape index (κ1) is 6.84. The average Bonchev–Trinajstić information content (AvgIpc) is 1.68. The SMILES string of the molecule is CC=C[P+](=O)CC. The summed E-state index contributed by atoms with van der Waals surface area (Å²) >= 11 is 0. The molecule has 0 spiro atoms. The second-order valence-electron chi connectivity index (χ2n) is 1.22. The quantitative estimate of drug-likeness (QED) is 0.507. The van der Waals surface area contributed by atoms with Gasteiger partial charge in [-0.3, -0.25) is 0 Å². The molecule has 40 valence electrons. The van der Waals surface area contributed by atoms with Gasteiger partial charge < -0.3 is 0 Å². The van der Waals surface area contributed by atoms with Crippen molar-refractivity contribution in [2.75, 3.05) is 6.16 Å². The van der Waals surface area contributed by atoms with Crippen LogP contribution in [0.1, 0.15) is 13.8 Å². The van der Waals surface area contributed by atoms with Crippen molar-refractivity contribution in [3.8, 4) is 0 Å². The highest BCUT2D eigenvalue weighted by atomic mass is 31.1. The lowest BCUT2D eigenvalue weighted by Gasteiger charge is -1.62. The third-order valence-corrected chi connectivity index (χ3v) is 1.88. The van der Waals surface area contributed by atoms with E-state index in [9.17, 15) is 4.57 Å². The van der Waals surface area contributed by atoms with E-state index in [1.165, 1.54) is 0 Å². The van der Waals surface area contributed by atoms with Crippen LogP contribution in [0, 0.1) is 0 Å². The third kappa shape index (κ3) is 3.68. The molecule has 0 aromatic rings. The summed E-state index contributed by atoms with van der Waals surface area (Å²) < 4.78 is 10.5. The van der Waals surface area contributed by atoms with E-state index in [0.29, 0.717) is 0 Å². The van der Waals surface area contributed by atoms with Gasteiger partial charge in [0.2, 0.25) is 0 Å². The van der Waals surface area contributed by atoms with Crippen molar-refractivity contribution in [3.63, 3.8) is 0 Å². The zero-order valence-corrected chi connectivity index (χ0v) is 5.61. The molecule has 0 radical (unpaired) electrons.